The van der Waals surface area contributed by atoms with Crippen LogP contribution in [0.25, 0.3) is 0 Å². The van der Waals surface area contributed by atoms with Crippen LogP contribution in [0.5, 0.6) is 5.75 Å². The second-order valence-corrected chi connectivity index (χ2v) is 9.10. The van der Waals surface area contributed by atoms with Crippen molar-refractivity contribution < 1.29 is 17.9 Å². The molecule has 2 aromatic carbocycles. The van der Waals surface area contributed by atoms with Gasteiger partial charge in [0.1, 0.15) is 12.3 Å². The van der Waals surface area contributed by atoms with Crippen molar-refractivity contribution in [3.8, 4) is 5.75 Å². The summed E-state index contributed by atoms with van der Waals surface area (Å²) in [6.45, 7) is 3.51. The molecule has 28 heavy (non-hydrogen) atoms. The van der Waals surface area contributed by atoms with Crippen molar-refractivity contribution in [1.82, 2.24) is 5.43 Å². The number of halogens is 1. The predicted octanol–water partition coefficient (Wildman–Crippen LogP) is 3.15. The smallest absolute Gasteiger partial charge is 0.260 e. The van der Waals surface area contributed by atoms with Gasteiger partial charge in [-0.15, -0.1) is 0 Å². The molecule has 2 aromatic rings. The summed E-state index contributed by atoms with van der Waals surface area (Å²) in [5.41, 5.74) is 3.51. The maximum Gasteiger partial charge on any atom is 0.260 e. The van der Waals surface area contributed by atoms with Gasteiger partial charge in [-0.25, -0.2) is 13.8 Å². The summed E-state index contributed by atoms with van der Waals surface area (Å²) < 4.78 is 31.5. The van der Waals surface area contributed by atoms with E-state index in [1.54, 1.807) is 36.4 Å². The molecular formula is C19H22BrN3O4S. The number of carbonyl (C=O) groups is 1. The zero-order valence-electron chi connectivity index (χ0n) is 15.8. The number of carbonyl (C=O) groups excluding carboxylic acids is 1. The van der Waals surface area contributed by atoms with Gasteiger partial charge in [0.25, 0.3) is 5.91 Å². The van der Waals surface area contributed by atoms with Gasteiger partial charge >= 0.3 is 0 Å². The molecule has 1 N–H and O–H groups in total. The van der Waals surface area contributed by atoms with Gasteiger partial charge in [0, 0.05) is 4.47 Å². The molecule has 0 aliphatic rings. The number of hydrogen-bond donors (Lipinski definition) is 1. The van der Waals surface area contributed by atoms with Crippen molar-refractivity contribution in [3.63, 3.8) is 0 Å². The third kappa shape index (κ3) is 6.97. The van der Waals surface area contributed by atoms with Gasteiger partial charge in [0.2, 0.25) is 10.0 Å². The Labute approximate surface area is 173 Å². The van der Waals surface area contributed by atoms with E-state index in [-0.39, 0.29) is 12.6 Å². The molecule has 0 atom stereocenters. The minimum atomic E-state index is -3.63. The van der Waals surface area contributed by atoms with Crippen LogP contribution in [-0.2, 0) is 14.8 Å². The molecule has 0 unspecified atom stereocenters. The van der Waals surface area contributed by atoms with Crippen LogP contribution in [0, 0.1) is 0 Å². The molecule has 0 bridgehead atoms. The summed E-state index contributed by atoms with van der Waals surface area (Å²) in [6.07, 6.45) is 2.61. The van der Waals surface area contributed by atoms with Crippen LogP contribution in [0.2, 0.25) is 0 Å². The highest BCUT2D eigenvalue weighted by atomic mass is 79.9. The Bertz CT molecular complexity index is 927. The van der Waals surface area contributed by atoms with Crippen molar-refractivity contribution in [2.45, 2.75) is 20.0 Å². The zero-order chi connectivity index (χ0) is 20.7. The Balaban J connectivity index is 1.99. The third-order valence-electron chi connectivity index (χ3n) is 3.46. The fourth-order valence-electron chi connectivity index (χ4n) is 2.26. The Morgan fingerprint density at radius 2 is 1.79 bits per heavy atom. The molecule has 9 heteroatoms. The van der Waals surface area contributed by atoms with Gasteiger partial charge in [-0.3, -0.25) is 9.10 Å². The molecular weight excluding hydrogens is 446 g/mol. The van der Waals surface area contributed by atoms with E-state index in [2.05, 4.69) is 26.5 Å². The number of benzene rings is 2. The van der Waals surface area contributed by atoms with Gasteiger partial charge in [-0.1, -0.05) is 15.9 Å². The van der Waals surface area contributed by atoms with Gasteiger partial charge < -0.3 is 4.74 Å². The van der Waals surface area contributed by atoms with Crippen LogP contribution >= 0.6 is 15.9 Å². The molecule has 0 aliphatic heterocycles. The summed E-state index contributed by atoms with van der Waals surface area (Å²) in [4.78, 5) is 12.1. The molecule has 0 spiro atoms. The van der Waals surface area contributed by atoms with Crippen molar-refractivity contribution in [2.75, 3.05) is 17.1 Å². The number of amides is 1. The standard InChI is InChI=1S/C19H22BrN3O4S/c1-14(2)27-18-10-4-15(5-11-18)12-21-22-19(24)13-23(28(3,25)26)17-8-6-16(20)7-9-17/h4-12,14H,13H2,1-3H3,(H,22,24)/b21-12-. The van der Waals surface area contributed by atoms with Gasteiger partial charge in [0.05, 0.1) is 24.3 Å². The van der Waals surface area contributed by atoms with E-state index in [1.807, 2.05) is 26.0 Å². The van der Waals surface area contributed by atoms with Crippen molar-refractivity contribution >= 4 is 43.8 Å². The number of anilines is 1. The first-order chi connectivity index (χ1) is 13.1. The highest BCUT2D eigenvalue weighted by molar-refractivity contribution is 9.10. The number of ether oxygens (including phenoxy) is 1. The van der Waals surface area contributed by atoms with Gasteiger partial charge in [0.15, 0.2) is 0 Å². The normalized spacial score (nSPS) is 11.6. The van der Waals surface area contributed by atoms with E-state index in [1.165, 1.54) is 6.21 Å². The van der Waals surface area contributed by atoms with E-state index in [9.17, 15) is 13.2 Å². The van der Waals surface area contributed by atoms with Gasteiger partial charge in [-0.05, 0) is 67.9 Å². The fourth-order valence-corrected chi connectivity index (χ4v) is 3.38. The lowest BCUT2D eigenvalue weighted by Gasteiger charge is -2.21. The third-order valence-corrected chi connectivity index (χ3v) is 5.13. The molecule has 0 aromatic heterocycles. The van der Waals surface area contributed by atoms with Crippen LogP contribution in [0.1, 0.15) is 19.4 Å². The number of nitrogens with zero attached hydrogens (tertiary/aromatic N) is 2. The van der Waals surface area contributed by atoms with E-state index in [0.29, 0.717) is 5.69 Å². The number of nitrogens with one attached hydrogen (secondary N) is 1. The molecule has 1 amide bonds. The molecule has 150 valence electrons. The first kappa shape index (κ1) is 21.9. The SMILES string of the molecule is CC(C)Oc1ccc(/C=N\NC(=O)CN(c2ccc(Br)cc2)S(C)(=O)=O)cc1. The lowest BCUT2D eigenvalue weighted by atomic mass is 10.2. The Morgan fingerprint density at radius 1 is 1.18 bits per heavy atom. The Kier molecular flexibility index (Phi) is 7.59. The summed E-state index contributed by atoms with van der Waals surface area (Å²) in [5.74, 6) is 0.193. The van der Waals surface area contributed by atoms with E-state index < -0.39 is 15.9 Å². The highest BCUT2D eigenvalue weighted by Crippen LogP contribution is 2.20. The lowest BCUT2D eigenvalue weighted by molar-refractivity contribution is -0.119. The average molecular weight is 468 g/mol. The Morgan fingerprint density at radius 3 is 2.32 bits per heavy atom. The fraction of sp³-hybridized carbons (Fsp3) is 0.263. The van der Waals surface area contributed by atoms with Crippen LogP contribution in [-0.4, -0.2) is 39.4 Å². The molecule has 0 radical (unpaired) electrons. The average Bonchev–Trinajstić information content (AvgIpc) is 2.61. The first-order valence-electron chi connectivity index (χ1n) is 8.47. The summed E-state index contributed by atoms with van der Waals surface area (Å²) >= 11 is 3.29. The van der Waals surface area contributed by atoms with E-state index in [0.717, 1.165) is 26.3 Å². The molecule has 2 rings (SSSR count). The second-order valence-electron chi connectivity index (χ2n) is 6.27. The minimum Gasteiger partial charge on any atom is -0.491 e. The molecule has 0 saturated carbocycles. The molecule has 0 aliphatic carbocycles. The second kappa shape index (κ2) is 9.70. The van der Waals surface area contributed by atoms with Gasteiger partial charge in [-0.2, -0.15) is 5.10 Å². The van der Waals surface area contributed by atoms with E-state index in [4.69, 9.17) is 4.74 Å². The minimum absolute atomic E-state index is 0.0855. The van der Waals surface area contributed by atoms with Crippen LogP contribution in [0.15, 0.2) is 58.1 Å². The molecule has 0 saturated heterocycles. The number of hydrazone groups is 1. The zero-order valence-corrected chi connectivity index (χ0v) is 18.2. The van der Waals surface area contributed by atoms with Crippen LogP contribution in [0.3, 0.4) is 0 Å². The predicted molar refractivity (Wildman–Crippen MR) is 114 cm³/mol. The van der Waals surface area contributed by atoms with Crippen LogP contribution in [0.4, 0.5) is 5.69 Å². The monoisotopic (exact) mass is 467 g/mol. The molecule has 0 heterocycles. The number of sulfonamides is 1. The quantitative estimate of drug-likeness (QED) is 0.476. The topological polar surface area (TPSA) is 88.1 Å². The summed E-state index contributed by atoms with van der Waals surface area (Å²) in [7, 11) is -3.63. The van der Waals surface area contributed by atoms with E-state index >= 15 is 0 Å². The number of hydrogen-bond acceptors (Lipinski definition) is 5. The lowest BCUT2D eigenvalue weighted by Crippen LogP contribution is -2.38. The van der Waals surface area contributed by atoms with Crippen molar-refractivity contribution in [1.29, 1.82) is 0 Å². The largest absolute Gasteiger partial charge is 0.491 e. The highest BCUT2D eigenvalue weighted by Gasteiger charge is 2.20. The first-order valence-corrected chi connectivity index (χ1v) is 11.1. The van der Waals surface area contributed by atoms with Crippen molar-refractivity contribution in [3.05, 3.63) is 58.6 Å². The van der Waals surface area contributed by atoms with Crippen molar-refractivity contribution in [2.24, 2.45) is 5.10 Å². The maximum absolute atomic E-state index is 12.1. The molecule has 7 nitrogen and oxygen atoms in total. The summed E-state index contributed by atoms with van der Waals surface area (Å²) in [6, 6.07) is 13.9. The number of rotatable bonds is 8. The Hall–Kier alpha value is -2.39. The summed E-state index contributed by atoms with van der Waals surface area (Å²) in [5, 5.41) is 3.88. The molecule has 0 fully saturated rings. The maximum atomic E-state index is 12.1. The van der Waals surface area contributed by atoms with Crippen LogP contribution < -0.4 is 14.5 Å².